The molecule has 1 amide bonds. The number of carbonyl (C=O) groups excluding carboxylic acids is 1. The van der Waals surface area contributed by atoms with Gasteiger partial charge in [0, 0.05) is 31.0 Å². The van der Waals surface area contributed by atoms with Gasteiger partial charge in [0.25, 0.3) is 5.91 Å². The zero-order valence-corrected chi connectivity index (χ0v) is 12.5. The van der Waals surface area contributed by atoms with Gasteiger partial charge in [0.15, 0.2) is 0 Å². The number of nitrogens with zero attached hydrogens (tertiary/aromatic N) is 2. The first-order chi connectivity index (χ1) is 9.59. The SMILES string of the molecule is Cc1c(C(=O)N2CCC(C)CC2)n(C)c2ccccc12. The number of likely N-dealkylation sites (tertiary alicyclic amines) is 1. The summed E-state index contributed by atoms with van der Waals surface area (Å²) in [5.41, 5.74) is 3.09. The largest absolute Gasteiger partial charge is 0.339 e. The second-order valence-electron chi connectivity index (χ2n) is 6.02. The molecule has 106 valence electrons. The fraction of sp³-hybridized carbons (Fsp3) is 0.471. The minimum absolute atomic E-state index is 0.188. The number of aromatic nitrogens is 1. The van der Waals surface area contributed by atoms with Crippen molar-refractivity contribution in [3.8, 4) is 0 Å². The molecule has 20 heavy (non-hydrogen) atoms. The number of benzene rings is 1. The maximum atomic E-state index is 12.8. The number of hydrogen-bond donors (Lipinski definition) is 0. The normalized spacial score (nSPS) is 16.9. The summed E-state index contributed by atoms with van der Waals surface area (Å²) in [4.78, 5) is 14.8. The lowest BCUT2D eigenvalue weighted by molar-refractivity contribution is 0.0687. The van der Waals surface area contributed by atoms with E-state index in [-0.39, 0.29) is 5.91 Å². The molecule has 3 heteroatoms. The van der Waals surface area contributed by atoms with Crippen LogP contribution in [0.1, 0.15) is 35.8 Å². The summed E-state index contributed by atoms with van der Waals surface area (Å²) in [6, 6.07) is 8.24. The zero-order valence-electron chi connectivity index (χ0n) is 12.5. The van der Waals surface area contributed by atoms with E-state index in [1.165, 1.54) is 5.39 Å². The van der Waals surface area contributed by atoms with Crippen LogP contribution in [0.15, 0.2) is 24.3 Å². The van der Waals surface area contributed by atoms with Gasteiger partial charge in [0.05, 0.1) is 0 Å². The van der Waals surface area contributed by atoms with E-state index in [0.29, 0.717) is 0 Å². The number of hydrogen-bond acceptors (Lipinski definition) is 1. The molecule has 3 rings (SSSR count). The monoisotopic (exact) mass is 270 g/mol. The van der Waals surface area contributed by atoms with Gasteiger partial charge in [0.1, 0.15) is 5.69 Å². The van der Waals surface area contributed by atoms with E-state index < -0.39 is 0 Å². The number of piperidine rings is 1. The Morgan fingerprint density at radius 3 is 2.50 bits per heavy atom. The molecule has 0 spiro atoms. The van der Waals surface area contributed by atoms with Crippen LogP contribution in [0.25, 0.3) is 10.9 Å². The van der Waals surface area contributed by atoms with Gasteiger partial charge in [-0.2, -0.15) is 0 Å². The Hall–Kier alpha value is -1.77. The molecule has 0 aliphatic carbocycles. The van der Waals surface area contributed by atoms with Crippen molar-refractivity contribution in [3.63, 3.8) is 0 Å². The first-order valence-corrected chi connectivity index (χ1v) is 7.43. The van der Waals surface area contributed by atoms with E-state index in [4.69, 9.17) is 0 Å². The molecule has 3 nitrogen and oxygen atoms in total. The van der Waals surface area contributed by atoms with Crippen molar-refractivity contribution >= 4 is 16.8 Å². The minimum Gasteiger partial charge on any atom is -0.339 e. The van der Waals surface area contributed by atoms with Crippen molar-refractivity contribution in [1.29, 1.82) is 0 Å². The van der Waals surface area contributed by atoms with Gasteiger partial charge in [-0.05, 0) is 37.3 Å². The van der Waals surface area contributed by atoms with Crippen LogP contribution in [0.5, 0.6) is 0 Å². The van der Waals surface area contributed by atoms with Crippen LogP contribution in [0.2, 0.25) is 0 Å². The molecule has 2 aromatic rings. The molecule has 0 atom stereocenters. The molecule has 0 N–H and O–H groups in total. The summed E-state index contributed by atoms with van der Waals surface area (Å²) in [7, 11) is 2.00. The average molecular weight is 270 g/mol. The van der Waals surface area contributed by atoms with Crippen LogP contribution < -0.4 is 0 Å². The number of amides is 1. The van der Waals surface area contributed by atoms with Gasteiger partial charge in [-0.3, -0.25) is 4.79 Å². The highest BCUT2D eigenvalue weighted by Gasteiger charge is 2.25. The highest BCUT2D eigenvalue weighted by molar-refractivity contribution is 6.01. The Labute approximate surface area is 120 Å². The third-order valence-electron chi connectivity index (χ3n) is 4.63. The Kier molecular flexibility index (Phi) is 3.28. The lowest BCUT2D eigenvalue weighted by Crippen LogP contribution is -2.39. The van der Waals surface area contributed by atoms with Gasteiger partial charge in [-0.15, -0.1) is 0 Å². The molecule has 2 heterocycles. The van der Waals surface area contributed by atoms with Gasteiger partial charge < -0.3 is 9.47 Å². The molecule has 0 bridgehead atoms. The second kappa shape index (κ2) is 4.97. The van der Waals surface area contributed by atoms with Crippen LogP contribution in [0.3, 0.4) is 0 Å². The van der Waals surface area contributed by atoms with E-state index in [0.717, 1.165) is 48.6 Å². The minimum atomic E-state index is 0.188. The molecule has 0 radical (unpaired) electrons. The average Bonchev–Trinajstić information content (AvgIpc) is 2.72. The lowest BCUT2D eigenvalue weighted by atomic mass is 9.99. The Balaban J connectivity index is 1.99. The van der Waals surface area contributed by atoms with Crippen LogP contribution in [0, 0.1) is 12.8 Å². The summed E-state index contributed by atoms with van der Waals surface area (Å²) < 4.78 is 2.05. The third kappa shape index (κ3) is 2.01. The Morgan fingerprint density at radius 2 is 1.85 bits per heavy atom. The Morgan fingerprint density at radius 1 is 1.20 bits per heavy atom. The molecule has 1 saturated heterocycles. The predicted molar refractivity (Wildman–Crippen MR) is 82.0 cm³/mol. The third-order valence-corrected chi connectivity index (χ3v) is 4.63. The van der Waals surface area contributed by atoms with Crippen molar-refractivity contribution in [2.45, 2.75) is 26.7 Å². The van der Waals surface area contributed by atoms with Gasteiger partial charge in [-0.1, -0.05) is 25.1 Å². The zero-order chi connectivity index (χ0) is 14.3. The van der Waals surface area contributed by atoms with Crippen LogP contribution >= 0.6 is 0 Å². The first kappa shape index (κ1) is 13.2. The fourth-order valence-corrected chi connectivity index (χ4v) is 3.25. The molecule has 1 aliphatic heterocycles. The van der Waals surface area contributed by atoms with Crippen molar-refractivity contribution in [3.05, 3.63) is 35.5 Å². The molecule has 0 saturated carbocycles. The van der Waals surface area contributed by atoms with E-state index in [2.05, 4.69) is 26.0 Å². The molecular formula is C17H22N2O. The molecule has 1 aliphatic rings. The van der Waals surface area contributed by atoms with Crippen molar-refractivity contribution in [2.24, 2.45) is 13.0 Å². The van der Waals surface area contributed by atoms with Crippen molar-refractivity contribution < 1.29 is 4.79 Å². The summed E-state index contributed by atoms with van der Waals surface area (Å²) in [6.07, 6.45) is 2.24. The van der Waals surface area contributed by atoms with E-state index in [1.54, 1.807) is 0 Å². The second-order valence-corrected chi connectivity index (χ2v) is 6.02. The van der Waals surface area contributed by atoms with Crippen LogP contribution in [0.4, 0.5) is 0 Å². The smallest absolute Gasteiger partial charge is 0.270 e. The van der Waals surface area contributed by atoms with Crippen LogP contribution in [-0.2, 0) is 7.05 Å². The van der Waals surface area contributed by atoms with E-state index >= 15 is 0 Å². The van der Waals surface area contributed by atoms with Gasteiger partial charge in [0.2, 0.25) is 0 Å². The van der Waals surface area contributed by atoms with Gasteiger partial charge in [-0.25, -0.2) is 0 Å². The van der Waals surface area contributed by atoms with Crippen molar-refractivity contribution in [2.75, 3.05) is 13.1 Å². The van der Waals surface area contributed by atoms with Crippen LogP contribution in [-0.4, -0.2) is 28.5 Å². The van der Waals surface area contributed by atoms with E-state index in [1.807, 2.05) is 28.6 Å². The number of aryl methyl sites for hydroxylation is 2. The number of carbonyl (C=O) groups is 1. The first-order valence-electron chi connectivity index (χ1n) is 7.43. The molecule has 1 fully saturated rings. The molecule has 1 aromatic heterocycles. The topological polar surface area (TPSA) is 25.2 Å². The fourth-order valence-electron chi connectivity index (χ4n) is 3.25. The summed E-state index contributed by atoms with van der Waals surface area (Å²) in [5, 5.41) is 1.18. The quantitative estimate of drug-likeness (QED) is 0.780. The van der Waals surface area contributed by atoms with E-state index in [9.17, 15) is 4.79 Å². The molecular weight excluding hydrogens is 248 g/mol. The maximum Gasteiger partial charge on any atom is 0.270 e. The highest BCUT2D eigenvalue weighted by Crippen LogP contribution is 2.26. The Bertz CT molecular complexity index is 609. The maximum absolute atomic E-state index is 12.8. The number of fused-ring (bicyclic) bond motifs is 1. The standard InChI is InChI=1S/C17H22N2O/c1-12-8-10-19(11-9-12)17(20)16-13(2)14-6-4-5-7-15(14)18(16)3/h4-7,12H,8-11H2,1-3H3. The van der Waals surface area contributed by atoms with Gasteiger partial charge >= 0.3 is 0 Å². The number of para-hydroxylation sites is 1. The molecule has 0 unspecified atom stereocenters. The lowest BCUT2D eigenvalue weighted by Gasteiger charge is -2.30. The summed E-state index contributed by atoms with van der Waals surface area (Å²) in [6.45, 7) is 6.11. The van der Waals surface area contributed by atoms with Crippen molar-refractivity contribution in [1.82, 2.24) is 9.47 Å². The highest BCUT2D eigenvalue weighted by atomic mass is 16.2. The molecule has 1 aromatic carbocycles. The predicted octanol–water partition coefficient (Wildman–Crippen LogP) is 3.36. The summed E-state index contributed by atoms with van der Waals surface area (Å²) >= 11 is 0. The number of rotatable bonds is 1. The summed E-state index contributed by atoms with van der Waals surface area (Å²) in [5.74, 6) is 0.931.